The number of carboxylic acid groups (broad SMARTS) is 1. The number of likely N-dealkylation sites (tertiary alicyclic amines) is 1. The van der Waals surface area contributed by atoms with Gasteiger partial charge in [0.25, 0.3) is 0 Å². The zero-order chi connectivity index (χ0) is 22.9. The number of fused-ring (bicyclic) bond motifs is 3. The largest absolute Gasteiger partial charge is 0.465 e. The lowest BCUT2D eigenvalue weighted by molar-refractivity contribution is 0.0453. The van der Waals surface area contributed by atoms with E-state index in [4.69, 9.17) is 4.74 Å². The molecular weight excluding hydrogens is 406 g/mol. The van der Waals surface area contributed by atoms with E-state index in [0.717, 1.165) is 0 Å². The highest BCUT2D eigenvalue weighted by Gasteiger charge is 2.37. The lowest BCUT2D eigenvalue weighted by Crippen LogP contribution is -2.55. The molecule has 32 heavy (non-hydrogen) atoms. The molecule has 1 aliphatic carbocycles. The highest BCUT2D eigenvalue weighted by atomic mass is 16.6. The number of nitrogens with zero attached hydrogens (tertiary/aromatic N) is 1. The fraction of sp³-hybridized carbons (Fsp3) is 0.440. The Labute approximate surface area is 188 Å². The van der Waals surface area contributed by atoms with Crippen LogP contribution in [0.2, 0.25) is 0 Å². The van der Waals surface area contributed by atoms with Crippen LogP contribution in [0.5, 0.6) is 0 Å². The van der Waals surface area contributed by atoms with Gasteiger partial charge in [0, 0.05) is 24.5 Å². The smallest absolute Gasteiger partial charge is 0.422 e. The molecule has 2 aromatic carbocycles. The van der Waals surface area contributed by atoms with Crippen molar-refractivity contribution < 1.29 is 19.4 Å². The zero-order valence-corrected chi connectivity index (χ0v) is 18.8. The fourth-order valence-electron chi connectivity index (χ4n) is 4.91. The molecule has 0 saturated carbocycles. The number of hydrazine groups is 1. The first kappa shape index (κ1) is 22.1. The quantitative estimate of drug-likeness (QED) is 0.602. The number of nitrogens with one attached hydrogen (secondary N) is 2. The molecule has 170 valence electrons. The number of piperidine rings is 1. The van der Waals surface area contributed by atoms with Gasteiger partial charge in [0.1, 0.15) is 5.60 Å². The summed E-state index contributed by atoms with van der Waals surface area (Å²) in [5.41, 5.74) is 10.1. The Morgan fingerprint density at radius 2 is 1.66 bits per heavy atom. The van der Waals surface area contributed by atoms with Gasteiger partial charge in [-0.1, -0.05) is 48.5 Å². The summed E-state index contributed by atoms with van der Waals surface area (Å²) < 4.78 is 5.28. The first-order chi connectivity index (χ1) is 15.2. The van der Waals surface area contributed by atoms with Gasteiger partial charge in [-0.2, -0.15) is 0 Å². The van der Waals surface area contributed by atoms with Crippen LogP contribution in [-0.2, 0) is 4.74 Å². The molecular formula is C25H31N3O4. The van der Waals surface area contributed by atoms with Gasteiger partial charge in [-0.25, -0.2) is 15.0 Å². The van der Waals surface area contributed by atoms with Crippen LogP contribution in [0.25, 0.3) is 11.1 Å². The van der Waals surface area contributed by atoms with Gasteiger partial charge in [-0.3, -0.25) is 5.43 Å². The highest BCUT2D eigenvalue weighted by Crippen LogP contribution is 2.47. The average Bonchev–Trinajstić information content (AvgIpc) is 3.05. The summed E-state index contributed by atoms with van der Waals surface area (Å²) >= 11 is 0. The average molecular weight is 438 g/mol. The Balaban J connectivity index is 1.49. The second-order valence-corrected chi connectivity index (χ2v) is 9.59. The van der Waals surface area contributed by atoms with Crippen molar-refractivity contribution in [2.24, 2.45) is 0 Å². The Morgan fingerprint density at radius 3 is 2.22 bits per heavy atom. The predicted octanol–water partition coefficient (Wildman–Crippen LogP) is 4.73. The minimum absolute atomic E-state index is 0.0324. The van der Waals surface area contributed by atoms with E-state index in [9.17, 15) is 14.7 Å². The first-order valence-electron chi connectivity index (χ1n) is 11.2. The molecule has 2 aromatic rings. The second kappa shape index (κ2) is 8.82. The van der Waals surface area contributed by atoms with Crippen molar-refractivity contribution in [1.29, 1.82) is 0 Å². The third kappa shape index (κ3) is 4.72. The van der Waals surface area contributed by atoms with Gasteiger partial charge in [0.05, 0.1) is 0 Å². The van der Waals surface area contributed by atoms with Crippen molar-refractivity contribution in [3.8, 4) is 11.1 Å². The van der Waals surface area contributed by atoms with Crippen molar-refractivity contribution in [2.45, 2.75) is 63.6 Å². The van der Waals surface area contributed by atoms with Gasteiger partial charge >= 0.3 is 12.2 Å². The molecule has 0 spiro atoms. The van der Waals surface area contributed by atoms with Crippen LogP contribution in [0.1, 0.15) is 57.1 Å². The van der Waals surface area contributed by atoms with Crippen LogP contribution in [0, 0.1) is 0 Å². The maximum atomic E-state index is 12.0. The molecule has 3 N–H and O–H groups in total. The summed E-state index contributed by atoms with van der Waals surface area (Å²) in [6.07, 6.45) is 0.506. The van der Waals surface area contributed by atoms with Crippen LogP contribution in [0.3, 0.4) is 0 Å². The van der Waals surface area contributed by atoms with Crippen molar-refractivity contribution >= 4 is 12.2 Å². The van der Waals surface area contributed by atoms with Gasteiger partial charge in [-0.15, -0.1) is 0 Å². The van der Waals surface area contributed by atoms with E-state index in [1.54, 1.807) is 4.90 Å². The topological polar surface area (TPSA) is 90.9 Å². The van der Waals surface area contributed by atoms with E-state index in [-0.39, 0.29) is 18.0 Å². The molecule has 1 heterocycles. The summed E-state index contributed by atoms with van der Waals surface area (Å²) in [6, 6.07) is 16.6. The normalized spacial score (nSPS) is 20.4. The molecule has 1 fully saturated rings. The van der Waals surface area contributed by atoms with Crippen LogP contribution in [0.15, 0.2) is 48.5 Å². The van der Waals surface area contributed by atoms with Crippen molar-refractivity contribution in [3.05, 3.63) is 59.7 Å². The van der Waals surface area contributed by atoms with Crippen molar-refractivity contribution in [2.75, 3.05) is 6.54 Å². The molecule has 0 bridgehead atoms. The number of hydrogen-bond donors (Lipinski definition) is 3. The fourth-order valence-corrected chi connectivity index (χ4v) is 4.91. The van der Waals surface area contributed by atoms with E-state index in [0.29, 0.717) is 25.8 Å². The summed E-state index contributed by atoms with van der Waals surface area (Å²) in [4.78, 5) is 25.5. The SMILES string of the molecule is CC(C)(C)OC(=O)NNC1CCN(C(=O)O)C(CC2c3ccccc3-c3ccccc32)C1. The van der Waals surface area contributed by atoms with Crippen LogP contribution < -0.4 is 10.9 Å². The lowest BCUT2D eigenvalue weighted by atomic mass is 9.85. The maximum Gasteiger partial charge on any atom is 0.422 e. The van der Waals surface area contributed by atoms with Gasteiger partial charge in [-0.05, 0) is 62.3 Å². The second-order valence-electron chi connectivity index (χ2n) is 9.59. The molecule has 7 nitrogen and oxygen atoms in total. The summed E-state index contributed by atoms with van der Waals surface area (Å²) in [6.45, 7) is 5.85. The molecule has 1 saturated heterocycles. The van der Waals surface area contributed by atoms with Gasteiger partial charge in [0.2, 0.25) is 0 Å². The van der Waals surface area contributed by atoms with Crippen LogP contribution >= 0.6 is 0 Å². The molecule has 0 radical (unpaired) electrons. The summed E-state index contributed by atoms with van der Waals surface area (Å²) in [5.74, 6) is 0.145. The summed E-state index contributed by atoms with van der Waals surface area (Å²) in [7, 11) is 0. The van der Waals surface area contributed by atoms with E-state index in [1.165, 1.54) is 22.3 Å². The first-order valence-corrected chi connectivity index (χ1v) is 11.2. The zero-order valence-electron chi connectivity index (χ0n) is 18.8. The van der Waals surface area contributed by atoms with E-state index < -0.39 is 17.8 Å². The van der Waals surface area contributed by atoms with Gasteiger partial charge in [0.15, 0.2) is 0 Å². The van der Waals surface area contributed by atoms with Crippen LogP contribution in [0.4, 0.5) is 9.59 Å². The van der Waals surface area contributed by atoms with Crippen molar-refractivity contribution in [1.82, 2.24) is 15.8 Å². The predicted molar refractivity (Wildman–Crippen MR) is 122 cm³/mol. The number of carbonyl (C=O) groups is 2. The van der Waals surface area contributed by atoms with E-state index in [1.807, 2.05) is 45.0 Å². The monoisotopic (exact) mass is 437 g/mol. The lowest BCUT2D eigenvalue weighted by Gasteiger charge is -2.39. The van der Waals surface area contributed by atoms with E-state index >= 15 is 0 Å². The molecule has 2 atom stereocenters. The molecule has 4 rings (SSSR count). The van der Waals surface area contributed by atoms with Gasteiger partial charge < -0.3 is 14.7 Å². The third-order valence-electron chi connectivity index (χ3n) is 6.21. The highest BCUT2D eigenvalue weighted by molar-refractivity contribution is 5.78. The van der Waals surface area contributed by atoms with Crippen LogP contribution in [-0.4, -0.2) is 46.4 Å². The number of ether oxygens (including phenoxy) is 1. The number of benzene rings is 2. The Morgan fingerprint density at radius 1 is 1.06 bits per heavy atom. The Hall–Kier alpha value is -3.06. The molecule has 2 unspecified atom stereocenters. The van der Waals surface area contributed by atoms with Crippen molar-refractivity contribution in [3.63, 3.8) is 0 Å². The molecule has 7 heteroatoms. The Kier molecular flexibility index (Phi) is 6.11. The minimum atomic E-state index is -0.895. The number of carbonyl (C=O) groups excluding carboxylic acids is 1. The molecule has 2 aliphatic rings. The summed E-state index contributed by atoms with van der Waals surface area (Å²) in [5, 5.41) is 9.82. The standard InChI is InChI=1S/C25H31N3O4/c1-25(2,3)32-23(29)27-26-16-12-13-28(24(30)31)17(14-16)15-22-20-10-6-4-8-18(20)19-9-5-7-11-21(19)22/h4-11,16-17,22,26H,12-15H2,1-3H3,(H,27,29)(H,30,31). The number of hydrogen-bond acceptors (Lipinski definition) is 4. The molecule has 0 aromatic heterocycles. The Bertz CT molecular complexity index is 955. The maximum absolute atomic E-state index is 12.0. The van der Waals surface area contributed by atoms with E-state index in [2.05, 4.69) is 35.1 Å². The number of amides is 2. The number of rotatable bonds is 4. The minimum Gasteiger partial charge on any atom is -0.465 e. The third-order valence-corrected chi connectivity index (χ3v) is 6.21. The molecule has 1 aliphatic heterocycles. The molecule has 2 amide bonds.